The highest BCUT2D eigenvalue weighted by atomic mass is 19.2. The van der Waals surface area contributed by atoms with E-state index < -0.39 is 17.7 Å². The molecule has 0 radical (unpaired) electrons. The van der Waals surface area contributed by atoms with Crippen LogP contribution >= 0.6 is 0 Å². The topological polar surface area (TPSA) is 46.5 Å². The molecule has 1 atom stereocenters. The fourth-order valence-corrected chi connectivity index (χ4v) is 3.57. The van der Waals surface area contributed by atoms with E-state index in [-0.39, 0.29) is 6.03 Å². The standard InChI is InChI=1S/C21H19F2N3O2/c1-28-19-7-3-2-5-17(19)24-21(27)26-12-11-25-10-4-6-18(25)20(26)14-8-9-15(22)16(23)13-14/h2-10,13,20H,11-12H2,1H3,(H,24,27). The zero-order valence-corrected chi connectivity index (χ0v) is 15.2. The number of urea groups is 1. The van der Waals surface area contributed by atoms with Gasteiger partial charge in [-0.05, 0) is 42.0 Å². The highest BCUT2D eigenvalue weighted by molar-refractivity contribution is 5.91. The molecule has 2 heterocycles. The van der Waals surface area contributed by atoms with Crippen molar-refractivity contribution in [1.29, 1.82) is 0 Å². The lowest BCUT2D eigenvalue weighted by molar-refractivity contribution is 0.181. The number of hydrogen-bond acceptors (Lipinski definition) is 2. The molecule has 28 heavy (non-hydrogen) atoms. The Hall–Kier alpha value is -3.35. The predicted octanol–water partition coefficient (Wildman–Crippen LogP) is 4.41. The summed E-state index contributed by atoms with van der Waals surface area (Å²) in [4.78, 5) is 14.7. The quantitative estimate of drug-likeness (QED) is 0.728. The van der Waals surface area contributed by atoms with E-state index in [1.54, 1.807) is 23.1 Å². The third-order valence-electron chi connectivity index (χ3n) is 4.91. The summed E-state index contributed by atoms with van der Waals surface area (Å²) in [7, 11) is 1.53. The van der Waals surface area contributed by atoms with E-state index in [2.05, 4.69) is 5.32 Å². The first-order valence-corrected chi connectivity index (χ1v) is 8.89. The summed E-state index contributed by atoms with van der Waals surface area (Å²) in [6.45, 7) is 1.04. The second-order valence-corrected chi connectivity index (χ2v) is 6.53. The number of anilines is 1. The highest BCUT2D eigenvalue weighted by Crippen LogP contribution is 2.34. The Morgan fingerprint density at radius 1 is 1.07 bits per heavy atom. The lowest BCUT2D eigenvalue weighted by Crippen LogP contribution is -2.44. The number of nitrogens with zero attached hydrogens (tertiary/aromatic N) is 2. The monoisotopic (exact) mass is 383 g/mol. The first-order chi connectivity index (χ1) is 13.6. The van der Waals surface area contributed by atoms with Crippen LogP contribution in [0.15, 0.2) is 60.8 Å². The summed E-state index contributed by atoms with van der Waals surface area (Å²) in [5.74, 6) is -1.31. The van der Waals surface area contributed by atoms with Crippen LogP contribution in [0.4, 0.5) is 19.3 Å². The van der Waals surface area contributed by atoms with Crippen molar-refractivity contribution in [3.05, 3.63) is 83.7 Å². The third kappa shape index (κ3) is 3.19. The molecule has 0 saturated heterocycles. The van der Waals surface area contributed by atoms with E-state index >= 15 is 0 Å². The molecule has 0 saturated carbocycles. The van der Waals surface area contributed by atoms with Crippen LogP contribution in [0.5, 0.6) is 5.75 Å². The second kappa shape index (κ2) is 7.34. The smallest absolute Gasteiger partial charge is 0.322 e. The van der Waals surface area contributed by atoms with Gasteiger partial charge < -0.3 is 19.5 Å². The summed E-state index contributed by atoms with van der Waals surface area (Å²) in [6, 6.07) is 13.7. The van der Waals surface area contributed by atoms with E-state index in [4.69, 9.17) is 4.74 Å². The van der Waals surface area contributed by atoms with Gasteiger partial charge in [0.25, 0.3) is 0 Å². The van der Waals surface area contributed by atoms with Crippen molar-refractivity contribution in [1.82, 2.24) is 9.47 Å². The number of amides is 2. The predicted molar refractivity (Wildman–Crippen MR) is 101 cm³/mol. The van der Waals surface area contributed by atoms with Crippen molar-refractivity contribution < 1.29 is 18.3 Å². The largest absolute Gasteiger partial charge is 0.495 e. The zero-order chi connectivity index (χ0) is 19.7. The van der Waals surface area contributed by atoms with Gasteiger partial charge >= 0.3 is 6.03 Å². The van der Waals surface area contributed by atoms with Crippen LogP contribution in [0.25, 0.3) is 0 Å². The first-order valence-electron chi connectivity index (χ1n) is 8.89. The van der Waals surface area contributed by atoms with E-state index in [1.807, 2.05) is 29.0 Å². The molecule has 0 spiro atoms. The molecule has 5 nitrogen and oxygen atoms in total. The van der Waals surface area contributed by atoms with Gasteiger partial charge in [-0.2, -0.15) is 0 Å². The molecular weight excluding hydrogens is 364 g/mol. The second-order valence-electron chi connectivity index (χ2n) is 6.53. The fraction of sp³-hybridized carbons (Fsp3) is 0.190. The molecule has 0 aliphatic carbocycles. The minimum absolute atomic E-state index is 0.341. The summed E-state index contributed by atoms with van der Waals surface area (Å²) in [6.07, 6.45) is 1.91. The first kappa shape index (κ1) is 18.0. The van der Waals surface area contributed by atoms with Gasteiger partial charge in [0, 0.05) is 25.0 Å². The molecule has 0 bridgehead atoms. The Labute approximate surface area is 161 Å². The van der Waals surface area contributed by atoms with Crippen molar-refractivity contribution in [2.45, 2.75) is 12.6 Å². The minimum Gasteiger partial charge on any atom is -0.495 e. The number of aromatic nitrogens is 1. The van der Waals surface area contributed by atoms with E-state index in [0.717, 1.165) is 17.8 Å². The summed E-state index contributed by atoms with van der Waals surface area (Å²) in [5, 5.41) is 2.86. The van der Waals surface area contributed by atoms with Crippen molar-refractivity contribution in [2.75, 3.05) is 19.0 Å². The number of nitrogens with one attached hydrogen (secondary N) is 1. The summed E-state index contributed by atoms with van der Waals surface area (Å²) < 4.78 is 34.6. The van der Waals surface area contributed by atoms with E-state index in [0.29, 0.717) is 30.1 Å². The number of carbonyl (C=O) groups excluding carboxylic acids is 1. The van der Waals surface area contributed by atoms with Gasteiger partial charge in [0.2, 0.25) is 0 Å². The molecule has 1 N–H and O–H groups in total. The number of carbonyl (C=O) groups is 1. The Morgan fingerprint density at radius 2 is 1.89 bits per heavy atom. The molecule has 2 amide bonds. The van der Waals surface area contributed by atoms with Crippen LogP contribution in [0, 0.1) is 11.6 Å². The number of para-hydroxylation sites is 2. The van der Waals surface area contributed by atoms with Crippen LogP contribution in [0.1, 0.15) is 17.3 Å². The average Bonchev–Trinajstić information content (AvgIpc) is 3.18. The van der Waals surface area contributed by atoms with Crippen molar-refractivity contribution >= 4 is 11.7 Å². The Morgan fingerprint density at radius 3 is 2.68 bits per heavy atom. The number of halogens is 2. The van der Waals surface area contributed by atoms with Gasteiger partial charge in [0.1, 0.15) is 5.75 Å². The van der Waals surface area contributed by atoms with Crippen molar-refractivity contribution in [2.24, 2.45) is 0 Å². The van der Waals surface area contributed by atoms with Crippen LogP contribution in [0.2, 0.25) is 0 Å². The SMILES string of the molecule is COc1ccccc1NC(=O)N1CCn2cccc2C1c1ccc(F)c(F)c1. The molecule has 7 heteroatoms. The highest BCUT2D eigenvalue weighted by Gasteiger charge is 2.33. The molecule has 1 aromatic heterocycles. The lowest BCUT2D eigenvalue weighted by atomic mass is 10.00. The molecule has 1 unspecified atom stereocenters. The van der Waals surface area contributed by atoms with Gasteiger partial charge in [-0.3, -0.25) is 0 Å². The number of benzene rings is 2. The van der Waals surface area contributed by atoms with Crippen LogP contribution in [-0.2, 0) is 6.54 Å². The number of methoxy groups -OCH3 is 1. The minimum atomic E-state index is -0.939. The molecule has 4 rings (SSSR count). The summed E-state index contributed by atoms with van der Waals surface area (Å²) >= 11 is 0. The van der Waals surface area contributed by atoms with Crippen molar-refractivity contribution in [3.8, 4) is 5.75 Å². The number of fused-ring (bicyclic) bond motifs is 1. The Balaban J connectivity index is 1.70. The molecule has 144 valence electrons. The van der Waals surface area contributed by atoms with Crippen LogP contribution < -0.4 is 10.1 Å². The Bertz CT molecular complexity index is 1020. The van der Waals surface area contributed by atoms with E-state index in [1.165, 1.54) is 13.2 Å². The molecule has 0 fully saturated rings. The number of rotatable bonds is 3. The average molecular weight is 383 g/mol. The van der Waals surface area contributed by atoms with Gasteiger partial charge in [-0.1, -0.05) is 18.2 Å². The molecule has 1 aliphatic rings. The molecule has 2 aromatic carbocycles. The maximum absolute atomic E-state index is 13.9. The normalized spacial score (nSPS) is 15.8. The van der Waals surface area contributed by atoms with E-state index in [9.17, 15) is 13.6 Å². The molecule has 1 aliphatic heterocycles. The number of ether oxygens (including phenoxy) is 1. The van der Waals surface area contributed by atoms with Crippen LogP contribution in [-0.4, -0.2) is 29.2 Å². The third-order valence-corrected chi connectivity index (χ3v) is 4.91. The zero-order valence-electron chi connectivity index (χ0n) is 15.2. The molecule has 3 aromatic rings. The Kier molecular flexibility index (Phi) is 4.73. The number of hydrogen-bond donors (Lipinski definition) is 1. The maximum Gasteiger partial charge on any atom is 0.322 e. The fourth-order valence-electron chi connectivity index (χ4n) is 3.57. The van der Waals surface area contributed by atoms with Gasteiger partial charge in [-0.15, -0.1) is 0 Å². The lowest BCUT2D eigenvalue weighted by Gasteiger charge is -2.37. The van der Waals surface area contributed by atoms with Gasteiger partial charge in [-0.25, -0.2) is 13.6 Å². The van der Waals surface area contributed by atoms with Crippen LogP contribution in [0.3, 0.4) is 0 Å². The van der Waals surface area contributed by atoms with Gasteiger partial charge in [0.15, 0.2) is 11.6 Å². The molecular formula is C21H19F2N3O2. The maximum atomic E-state index is 13.9. The van der Waals surface area contributed by atoms with Gasteiger partial charge in [0.05, 0.1) is 18.8 Å². The van der Waals surface area contributed by atoms with Crippen molar-refractivity contribution in [3.63, 3.8) is 0 Å². The summed E-state index contributed by atoms with van der Waals surface area (Å²) in [5.41, 5.74) is 1.89.